The largest absolute Gasteiger partial charge is 0.497 e. The van der Waals surface area contributed by atoms with Crippen molar-refractivity contribution in [3.63, 3.8) is 0 Å². The summed E-state index contributed by atoms with van der Waals surface area (Å²) < 4.78 is 10.9. The molecule has 1 aliphatic rings. The maximum Gasteiger partial charge on any atom is 0.194 e. The Hall–Kier alpha value is -7.97. The fraction of sp³-hybridized carbons (Fsp3) is 0.0952. The quantitative estimate of drug-likeness (QED) is 0.109. The van der Waals surface area contributed by atoms with Gasteiger partial charge in [0.1, 0.15) is 11.5 Å². The third kappa shape index (κ3) is 8.59. The van der Waals surface area contributed by atoms with Crippen molar-refractivity contribution < 1.29 is 14.3 Å². The van der Waals surface area contributed by atoms with E-state index in [0.717, 1.165) is 113 Å². The van der Waals surface area contributed by atoms with Crippen molar-refractivity contribution in [1.29, 1.82) is 0 Å². The lowest BCUT2D eigenvalue weighted by molar-refractivity contribution is 0.104. The second-order valence-corrected chi connectivity index (χ2v) is 19.5. The summed E-state index contributed by atoms with van der Waals surface area (Å²) in [6, 6.07) is 72.9. The summed E-state index contributed by atoms with van der Waals surface area (Å²) in [5, 5.41) is 0. The number of hydrogen-bond acceptors (Lipinski definition) is 7. The molecule has 0 N–H and O–H groups in total. The third-order valence-corrected chi connectivity index (χ3v) is 15.7. The van der Waals surface area contributed by atoms with Gasteiger partial charge in [0.05, 0.1) is 14.2 Å². The molecule has 0 unspecified atom stereocenters. The van der Waals surface area contributed by atoms with Gasteiger partial charge in [0, 0.05) is 64.8 Å². The molecule has 0 aliphatic heterocycles. The molecular weight excluding hydrogens is 897 g/mol. The first-order valence-corrected chi connectivity index (χ1v) is 25.3. The number of benzene rings is 8. The average Bonchev–Trinajstić information content (AvgIpc) is 4.19. The van der Waals surface area contributed by atoms with Crippen molar-refractivity contribution in [2.45, 2.75) is 26.7 Å². The first-order valence-electron chi connectivity index (χ1n) is 23.7. The predicted molar refractivity (Wildman–Crippen MR) is 294 cm³/mol. The molecule has 0 bridgehead atoms. The number of aryl methyl sites for hydroxylation is 2. The van der Waals surface area contributed by atoms with Gasteiger partial charge in [-0.2, -0.15) is 0 Å². The van der Waals surface area contributed by atoms with Crippen LogP contribution in [0.15, 0.2) is 206 Å². The number of thiophene rings is 2. The van der Waals surface area contributed by atoms with Crippen LogP contribution in [0, 0.1) is 0 Å². The van der Waals surface area contributed by atoms with E-state index in [0.29, 0.717) is 0 Å². The van der Waals surface area contributed by atoms with E-state index < -0.39 is 0 Å². The van der Waals surface area contributed by atoms with Gasteiger partial charge in [0.2, 0.25) is 0 Å². The van der Waals surface area contributed by atoms with Crippen LogP contribution in [0.5, 0.6) is 11.5 Å². The van der Waals surface area contributed by atoms with Crippen molar-refractivity contribution in [2.24, 2.45) is 0 Å². The molecule has 0 saturated heterocycles. The highest BCUT2D eigenvalue weighted by Crippen LogP contribution is 2.45. The number of anilines is 6. The van der Waals surface area contributed by atoms with E-state index >= 15 is 0 Å². The predicted octanol–water partition coefficient (Wildman–Crippen LogP) is 17.8. The van der Waals surface area contributed by atoms with Gasteiger partial charge in [-0.25, -0.2) is 0 Å². The molecule has 70 heavy (non-hydrogen) atoms. The summed E-state index contributed by atoms with van der Waals surface area (Å²) in [5.41, 5.74) is 16.9. The van der Waals surface area contributed by atoms with Crippen LogP contribution >= 0.6 is 22.7 Å². The molecular formula is C63H50N2O3S2. The molecule has 0 radical (unpaired) electrons. The second-order valence-electron chi connectivity index (χ2n) is 17.4. The number of hydrogen-bond donors (Lipinski definition) is 0. The van der Waals surface area contributed by atoms with Crippen LogP contribution in [0.1, 0.15) is 40.9 Å². The number of fused-ring (bicyclic) bond motifs is 3. The minimum absolute atomic E-state index is 0.0740. The first-order chi connectivity index (χ1) is 34.4. The Bertz CT molecular complexity index is 3140. The highest BCUT2D eigenvalue weighted by Gasteiger charge is 2.28. The summed E-state index contributed by atoms with van der Waals surface area (Å²) in [4.78, 5) is 23.3. The van der Waals surface area contributed by atoms with E-state index in [4.69, 9.17) is 9.47 Å². The maximum atomic E-state index is 14.2. The van der Waals surface area contributed by atoms with Crippen molar-refractivity contribution >= 4 is 62.6 Å². The van der Waals surface area contributed by atoms with Crippen LogP contribution in [0.3, 0.4) is 0 Å². The highest BCUT2D eigenvalue weighted by atomic mass is 32.1. The SMILES string of the molecule is CCc1ccc(N(c2ccc(OC)cc2)c2ccc(-c3ccc(-c4ccc5c(c4)C(=O)c4cc(-c6ccc(-c7ccc(N(c8ccc(CC)cc8)c8ccc(OC)cc8)cc7)s6)ccc4-5)s3)cc2)cc1. The van der Waals surface area contributed by atoms with Crippen LogP contribution in [0.2, 0.25) is 0 Å². The number of carbonyl (C=O) groups is 1. The zero-order valence-corrected chi connectivity index (χ0v) is 41.1. The van der Waals surface area contributed by atoms with Gasteiger partial charge in [-0.1, -0.05) is 86.6 Å². The molecule has 11 rings (SSSR count). The van der Waals surface area contributed by atoms with Crippen molar-refractivity contribution in [2.75, 3.05) is 24.0 Å². The first kappa shape index (κ1) is 44.5. The molecule has 0 atom stereocenters. The Balaban J connectivity index is 0.805. The Morgan fingerprint density at radius 3 is 0.943 bits per heavy atom. The van der Waals surface area contributed by atoms with Crippen LogP contribution in [0.4, 0.5) is 34.1 Å². The highest BCUT2D eigenvalue weighted by molar-refractivity contribution is 7.19. The number of ketones is 1. The monoisotopic (exact) mass is 946 g/mol. The zero-order chi connectivity index (χ0) is 47.7. The van der Waals surface area contributed by atoms with E-state index in [9.17, 15) is 4.79 Å². The van der Waals surface area contributed by atoms with Gasteiger partial charge in [-0.3, -0.25) is 4.79 Å². The summed E-state index contributed by atoms with van der Waals surface area (Å²) in [6.07, 6.45) is 1.99. The molecule has 7 heteroatoms. The Morgan fingerprint density at radius 2 is 0.629 bits per heavy atom. The molecule has 1 aliphatic carbocycles. The van der Waals surface area contributed by atoms with Gasteiger partial charge < -0.3 is 19.3 Å². The van der Waals surface area contributed by atoms with Gasteiger partial charge in [-0.15, -0.1) is 22.7 Å². The lowest BCUT2D eigenvalue weighted by atomic mass is 10.0. The van der Waals surface area contributed by atoms with Crippen LogP contribution in [-0.2, 0) is 12.8 Å². The summed E-state index contributed by atoms with van der Waals surface area (Å²) in [7, 11) is 3.38. The van der Waals surface area contributed by atoms with E-state index in [1.54, 1.807) is 36.9 Å². The molecule has 0 spiro atoms. The van der Waals surface area contributed by atoms with Crippen LogP contribution in [-0.4, -0.2) is 20.0 Å². The number of methoxy groups -OCH3 is 2. The van der Waals surface area contributed by atoms with Crippen LogP contribution in [0.25, 0.3) is 52.9 Å². The van der Waals surface area contributed by atoms with Crippen molar-refractivity contribution in [1.82, 2.24) is 0 Å². The zero-order valence-electron chi connectivity index (χ0n) is 39.5. The normalized spacial score (nSPS) is 11.6. The fourth-order valence-electron chi connectivity index (χ4n) is 9.35. The minimum Gasteiger partial charge on any atom is -0.497 e. The Kier molecular flexibility index (Phi) is 12.2. The molecule has 2 aromatic heterocycles. The van der Waals surface area contributed by atoms with Crippen molar-refractivity contribution in [3.05, 3.63) is 229 Å². The van der Waals surface area contributed by atoms with E-state index in [1.165, 1.54) is 20.9 Å². The van der Waals surface area contributed by atoms with Crippen molar-refractivity contribution in [3.8, 4) is 64.4 Å². The molecule has 2 heterocycles. The van der Waals surface area contributed by atoms with E-state index in [2.05, 4.69) is 206 Å². The molecule has 0 fully saturated rings. The Morgan fingerprint density at radius 1 is 0.343 bits per heavy atom. The fourth-order valence-corrected chi connectivity index (χ4v) is 11.4. The summed E-state index contributed by atoms with van der Waals surface area (Å²) in [6.45, 7) is 4.36. The number of rotatable bonds is 14. The lowest BCUT2D eigenvalue weighted by Gasteiger charge is -2.26. The molecule has 10 aromatic rings. The molecule has 8 aromatic carbocycles. The van der Waals surface area contributed by atoms with Gasteiger partial charge >= 0.3 is 0 Å². The minimum atomic E-state index is 0.0740. The van der Waals surface area contributed by atoms with Gasteiger partial charge in [-0.05, 0) is 191 Å². The third-order valence-electron chi connectivity index (χ3n) is 13.3. The van der Waals surface area contributed by atoms with Gasteiger partial charge in [0.15, 0.2) is 5.78 Å². The lowest BCUT2D eigenvalue weighted by Crippen LogP contribution is -2.09. The summed E-state index contributed by atoms with van der Waals surface area (Å²) in [5.74, 6) is 1.73. The Labute approximate surface area is 418 Å². The smallest absolute Gasteiger partial charge is 0.194 e. The molecule has 0 saturated carbocycles. The molecule has 342 valence electrons. The number of carbonyl (C=O) groups excluding carboxylic acids is 1. The second kappa shape index (κ2) is 19.2. The molecule has 5 nitrogen and oxygen atoms in total. The topological polar surface area (TPSA) is 42.0 Å². The number of ether oxygens (including phenoxy) is 2. The average molecular weight is 947 g/mol. The maximum absolute atomic E-state index is 14.2. The summed E-state index contributed by atoms with van der Waals surface area (Å²) >= 11 is 3.49. The van der Waals surface area contributed by atoms with Gasteiger partial charge in [0.25, 0.3) is 0 Å². The van der Waals surface area contributed by atoms with E-state index in [-0.39, 0.29) is 5.78 Å². The standard InChI is InChI=1S/C63H50N2O3S2/c1-5-41-7-17-47(18-8-41)64(51-25-29-53(67-3)30-26-51)49-21-11-43(12-22-49)59-35-37-61(69-59)45-15-33-55-56-34-16-46(40-58(56)63(66)57(55)39-45)62-38-36-60(70-62)44-13-23-50(24-14-44)65(48-19-9-42(6-2)10-20-48)52-27-31-54(68-4)32-28-52/h7-40H,5-6H2,1-4H3. The van der Waals surface area contributed by atoms with E-state index in [1.807, 2.05) is 24.3 Å². The van der Waals surface area contributed by atoms with Crippen LogP contribution < -0.4 is 19.3 Å². The molecule has 0 amide bonds. The number of nitrogens with zero attached hydrogens (tertiary/aromatic N) is 2.